The third-order valence-electron chi connectivity index (χ3n) is 12.0. The lowest BCUT2D eigenvalue weighted by Crippen LogP contribution is -2.38. The molecular weight excluding hydrogens is 472 g/mol. The molecule has 206 valence electrons. The molecule has 4 nitrogen and oxygen atoms in total. The maximum absolute atomic E-state index is 12.0. The van der Waals surface area contributed by atoms with E-state index in [9.17, 15) is 19.8 Å². The molecule has 4 heteroatoms. The van der Waals surface area contributed by atoms with Gasteiger partial charge in [-0.05, 0) is 137 Å². The summed E-state index contributed by atoms with van der Waals surface area (Å²) in [4.78, 5) is 24.0. The number of carbonyl (C=O) groups is 2. The Balaban J connectivity index is 1.41. The maximum atomic E-state index is 12.0. The highest BCUT2D eigenvalue weighted by Gasteiger charge is 2.57. The lowest BCUT2D eigenvalue weighted by Gasteiger charge is -2.47. The zero-order valence-corrected chi connectivity index (χ0v) is 23.1. The molecule has 0 saturated carbocycles. The Morgan fingerprint density at radius 1 is 0.605 bits per heavy atom. The van der Waals surface area contributed by atoms with E-state index in [1.165, 1.54) is 38.5 Å². The van der Waals surface area contributed by atoms with Gasteiger partial charge in [-0.2, -0.15) is 0 Å². The van der Waals surface area contributed by atoms with E-state index in [1.54, 1.807) is 22.3 Å². The number of carboxylic acids is 2. The van der Waals surface area contributed by atoms with Gasteiger partial charge < -0.3 is 10.2 Å². The monoisotopic (exact) mass is 518 g/mol. The Morgan fingerprint density at radius 3 is 1.42 bits per heavy atom. The molecule has 6 unspecified atom stereocenters. The molecule has 38 heavy (non-hydrogen) atoms. The van der Waals surface area contributed by atoms with Crippen molar-refractivity contribution in [1.29, 1.82) is 0 Å². The first-order valence-electron chi connectivity index (χ1n) is 15.6. The number of carboxylic acid groups (broad SMARTS) is 2. The van der Waals surface area contributed by atoms with Crippen LogP contribution in [0.5, 0.6) is 0 Å². The van der Waals surface area contributed by atoms with Gasteiger partial charge in [-0.3, -0.25) is 9.59 Å². The van der Waals surface area contributed by atoms with E-state index in [0.29, 0.717) is 23.7 Å². The number of allylic oxidation sites excluding steroid dienone is 8. The van der Waals surface area contributed by atoms with E-state index in [0.717, 1.165) is 64.2 Å². The van der Waals surface area contributed by atoms with E-state index in [1.807, 2.05) is 0 Å². The lowest BCUT2D eigenvalue weighted by atomic mass is 9.57. The fourth-order valence-corrected chi connectivity index (χ4v) is 10.6. The van der Waals surface area contributed by atoms with E-state index < -0.39 is 11.9 Å². The van der Waals surface area contributed by atoms with Gasteiger partial charge in [-0.1, -0.05) is 46.6 Å². The molecule has 0 heterocycles. The van der Waals surface area contributed by atoms with Crippen LogP contribution in [0, 0.1) is 34.5 Å². The van der Waals surface area contributed by atoms with Crippen LogP contribution in [-0.2, 0) is 9.59 Å². The van der Waals surface area contributed by atoms with Crippen molar-refractivity contribution in [1.82, 2.24) is 0 Å². The molecule has 0 aromatic rings. The van der Waals surface area contributed by atoms with E-state index in [4.69, 9.17) is 0 Å². The highest BCUT2D eigenvalue weighted by atomic mass is 16.4. The van der Waals surface area contributed by atoms with Gasteiger partial charge in [0.15, 0.2) is 0 Å². The first kappa shape index (κ1) is 26.1. The summed E-state index contributed by atoms with van der Waals surface area (Å²) < 4.78 is 0. The van der Waals surface area contributed by atoms with Gasteiger partial charge >= 0.3 is 11.9 Å². The molecule has 0 amide bonds. The fourth-order valence-electron chi connectivity index (χ4n) is 10.6. The van der Waals surface area contributed by atoms with E-state index in [2.05, 4.69) is 24.3 Å². The zero-order chi connectivity index (χ0) is 26.3. The quantitative estimate of drug-likeness (QED) is 0.301. The van der Waals surface area contributed by atoms with Crippen molar-refractivity contribution in [2.75, 3.05) is 0 Å². The Hall–Kier alpha value is -2.10. The Morgan fingerprint density at radius 2 is 1.00 bits per heavy atom. The second kappa shape index (κ2) is 10.5. The van der Waals surface area contributed by atoms with Gasteiger partial charge in [-0.25, -0.2) is 0 Å². The van der Waals surface area contributed by atoms with Crippen molar-refractivity contribution in [3.05, 3.63) is 46.6 Å². The summed E-state index contributed by atoms with van der Waals surface area (Å²) in [6.45, 7) is 0. The summed E-state index contributed by atoms with van der Waals surface area (Å²) in [6.07, 6.45) is 27.6. The summed E-state index contributed by atoms with van der Waals surface area (Å²) in [5.74, 6) is 0.890. The molecule has 0 spiro atoms. The number of rotatable bonds is 9. The third-order valence-corrected chi connectivity index (χ3v) is 12.0. The van der Waals surface area contributed by atoms with Gasteiger partial charge in [0.25, 0.3) is 0 Å². The van der Waals surface area contributed by atoms with Gasteiger partial charge in [0.2, 0.25) is 0 Å². The standard InChI is InChI=1S/C34H46O4/c35-31(36)17-19-33(27-13-5-1-9-23(27)24-10-2-6-14-28(24)33)21-22-34(20-18-32(37)38)29-15-7-3-11-25(29)26-12-4-8-16-30(26)34/h1,3,5,7,23,25,27,29H,2,4,6,8-22H2,(H,35,36)(H,37,38). The van der Waals surface area contributed by atoms with Gasteiger partial charge in [0.1, 0.15) is 0 Å². The SMILES string of the molecule is O=C(O)CCC1(CCC2(CCC(=O)O)C3=C(CCCC3)C3CC=CCC32)C2=C(CCCC2)C2CC=CCC21. The van der Waals surface area contributed by atoms with Crippen LogP contribution in [0.1, 0.15) is 116 Å². The molecule has 0 aromatic heterocycles. The molecule has 0 bridgehead atoms. The largest absolute Gasteiger partial charge is 0.481 e. The van der Waals surface area contributed by atoms with Crippen LogP contribution in [0.15, 0.2) is 46.6 Å². The summed E-state index contributed by atoms with van der Waals surface area (Å²) in [5, 5.41) is 19.7. The lowest BCUT2D eigenvalue weighted by molar-refractivity contribution is -0.139. The minimum atomic E-state index is -0.673. The normalized spacial score (nSPS) is 37.6. The predicted octanol–water partition coefficient (Wildman–Crippen LogP) is 8.40. The minimum Gasteiger partial charge on any atom is -0.481 e. The molecule has 0 fully saturated rings. The van der Waals surface area contributed by atoms with E-state index >= 15 is 0 Å². The zero-order valence-electron chi connectivity index (χ0n) is 23.1. The van der Waals surface area contributed by atoms with Gasteiger partial charge in [0, 0.05) is 12.8 Å². The summed E-state index contributed by atoms with van der Waals surface area (Å²) in [5.41, 5.74) is 6.62. The highest BCUT2D eigenvalue weighted by molar-refractivity contribution is 5.67. The molecule has 0 saturated heterocycles. The first-order valence-corrected chi connectivity index (χ1v) is 15.6. The Kier molecular flexibility index (Phi) is 7.20. The van der Waals surface area contributed by atoms with E-state index in [-0.39, 0.29) is 23.7 Å². The highest BCUT2D eigenvalue weighted by Crippen LogP contribution is 2.67. The fraction of sp³-hybridized carbons (Fsp3) is 0.706. The average molecular weight is 519 g/mol. The van der Waals surface area contributed by atoms with Crippen LogP contribution in [0.4, 0.5) is 0 Å². The van der Waals surface area contributed by atoms with Crippen molar-refractivity contribution in [2.45, 2.75) is 116 Å². The summed E-state index contributed by atoms with van der Waals surface area (Å²) >= 11 is 0. The number of fused-ring (bicyclic) bond motifs is 4. The number of hydrogen-bond donors (Lipinski definition) is 2. The van der Waals surface area contributed by atoms with Crippen molar-refractivity contribution in [3.8, 4) is 0 Å². The molecule has 0 radical (unpaired) electrons. The molecule has 6 aliphatic rings. The molecule has 6 atom stereocenters. The summed E-state index contributed by atoms with van der Waals surface area (Å²) in [7, 11) is 0. The second-order valence-electron chi connectivity index (χ2n) is 13.3. The van der Waals surface area contributed by atoms with Crippen LogP contribution in [0.3, 0.4) is 0 Å². The van der Waals surface area contributed by atoms with Gasteiger partial charge in [0.05, 0.1) is 0 Å². The van der Waals surface area contributed by atoms with Crippen molar-refractivity contribution in [3.63, 3.8) is 0 Å². The first-order chi connectivity index (χ1) is 18.5. The molecule has 0 aliphatic heterocycles. The molecule has 0 aromatic carbocycles. The van der Waals surface area contributed by atoms with Gasteiger partial charge in [-0.15, -0.1) is 0 Å². The van der Waals surface area contributed by atoms with Crippen LogP contribution in [-0.4, -0.2) is 22.2 Å². The summed E-state index contributed by atoms with van der Waals surface area (Å²) in [6, 6.07) is 0. The van der Waals surface area contributed by atoms with Crippen LogP contribution >= 0.6 is 0 Å². The maximum Gasteiger partial charge on any atom is 0.303 e. The minimum absolute atomic E-state index is 0.0300. The molecule has 2 N–H and O–H groups in total. The van der Waals surface area contributed by atoms with Crippen molar-refractivity contribution in [2.24, 2.45) is 34.5 Å². The number of hydrogen-bond acceptors (Lipinski definition) is 2. The van der Waals surface area contributed by atoms with Crippen LogP contribution in [0.25, 0.3) is 0 Å². The second-order valence-corrected chi connectivity index (χ2v) is 13.3. The third kappa shape index (κ3) is 4.25. The van der Waals surface area contributed by atoms with Crippen LogP contribution in [0.2, 0.25) is 0 Å². The van der Waals surface area contributed by atoms with Crippen molar-refractivity contribution >= 4 is 11.9 Å². The Labute approximate surface area is 228 Å². The predicted molar refractivity (Wildman–Crippen MR) is 150 cm³/mol. The molecule has 6 rings (SSSR count). The van der Waals surface area contributed by atoms with Crippen molar-refractivity contribution < 1.29 is 19.8 Å². The smallest absolute Gasteiger partial charge is 0.303 e. The Bertz CT molecular complexity index is 1010. The molecule has 6 aliphatic carbocycles. The topological polar surface area (TPSA) is 74.6 Å². The number of aliphatic carboxylic acids is 2. The molecular formula is C34H46O4. The van der Waals surface area contributed by atoms with Crippen LogP contribution < -0.4 is 0 Å². The average Bonchev–Trinajstić information content (AvgIpc) is 3.38.